The molecule has 0 aliphatic carbocycles. The molecular weight excluding hydrogens is 277 g/mol. The molecule has 20 heavy (non-hydrogen) atoms. The van der Waals surface area contributed by atoms with Crippen molar-refractivity contribution in [2.45, 2.75) is 20.0 Å². The summed E-state index contributed by atoms with van der Waals surface area (Å²) in [5.41, 5.74) is -0.299. The van der Waals surface area contributed by atoms with Crippen LogP contribution >= 0.6 is 0 Å². The van der Waals surface area contributed by atoms with E-state index in [-0.39, 0.29) is 23.9 Å². The van der Waals surface area contributed by atoms with Gasteiger partial charge < -0.3 is 10.2 Å². The van der Waals surface area contributed by atoms with Gasteiger partial charge in [-0.2, -0.15) is 13.2 Å². The maximum atomic E-state index is 12.5. The van der Waals surface area contributed by atoms with Crippen LogP contribution in [-0.4, -0.2) is 35.7 Å². The van der Waals surface area contributed by atoms with Crippen molar-refractivity contribution in [1.82, 2.24) is 4.98 Å². The van der Waals surface area contributed by atoms with E-state index in [1.807, 2.05) is 0 Å². The van der Waals surface area contributed by atoms with Gasteiger partial charge >= 0.3 is 6.18 Å². The van der Waals surface area contributed by atoms with Crippen molar-refractivity contribution in [3.8, 4) is 0 Å². The van der Waals surface area contributed by atoms with Crippen LogP contribution in [0.5, 0.6) is 0 Å². The second-order valence-corrected chi connectivity index (χ2v) is 3.99. The van der Waals surface area contributed by atoms with Crippen LogP contribution in [0.3, 0.4) is 0 Å². The summed E-state index contributed by atoms with van der Waals surface area (Å²) in [6.45, 7) is 2.58. The summed E-state index contributed by atoms with van der Waals surface area (Å²) in [5, 5.41) is 13.6. The number of pyridine rings is 1. The van der Waals surface area contributed by atoms with E-state index in [0.717, 1.165) is 11.0 Å². The predicted octanol–water partition coefficient (Wildman–Crippen LogP) is 2.81. The highest BCUT2D eigenvalue weighted by Gasteiger charge is 2.31. The molecule has 0 saturated heterocycles. The molecule has 0 atom stereocenters. The molecule has 1 heterocycles. The maximum Gasteiger partial charge on any atom is 0.405 e. The summed E-state index contributed by atoms with van der Waals surface area (Å²) >= 11 is 0. The van der Waals surface area contributed by atoms with E-state index in [4.69, 9.17) is 0 Å². The van der Waals surface area contributed by atoms with Crippen molar-refractivity contribution >= 4 is 17.3 Å². The van der Waals surface area contributed by atoms with E-state index >= 15 is 0 Å². The van der Waals surface area contributed by atoms with E-state index in [2.05, 4.69) is 10.3 Å². The Balaban J connectivity index is 3.16. The Bertz CT molecular complexity index is 479. The minimum Gasteiger partial charge on any atom is -0.370 e. The van der Waals surface area contributed by atoms with Crippen LogP contribution in [-0.2, 0) is 0 Å². The third-order valence-corrected chi connectivity index (χ3v) is 2.44. The van der Waals surface area contributed by atoms with Crippen molar-refractivity contribution in [1.29, 1.82) is 0 Å². The molecule has 6 nitrogen and oxygen atoms in total. The van der Waals surface area contributed by atoms with Crippen LogP contribution in [0.15, 0.2) is 12.1 Å². The molecule has 9 heteroatoms. The molecule has 0 aromatic carbocycles. The summed E-state index contributed by atoms with van der Waals surface area (Å²) < 4.78 is 37.4. The fraction of sp³-hybridized carbons (Fsp3) is 0.545. The number of nitrogens with one attached hydrogen (secondary N) is 1. The first-order valence-electron chi connectivity index (χ1n) is 5.98. The van der Waals surface area contributed by atoms with Gasteiger partial charge in [0.05, 0.1) is 17.1 Å². The van der Waals surface area contributed by atoms with Crippen LogP contribution in [0.25, 0.3) is 0 Å². The lowest BCUT2D eigenvalue weighted by atomic mass is 10.3. The number of nitrogens with zero attached hydrogens (tertiary/aromatic N) is 3. The highest BCUT2D eigenvalue weighted by Crippen LogP contribution is 2.26. The van der Waals surface area contributed by atoms with Gasteiger partial charge in [-0.25, -0.2) is 4.98 Å². The van der Waals surface area contributed by atoms with Gasteiger partial charge in [0.25, 0.3) is 5.69 Å². The lowest BCUT2D eigenvalue weighted by Gasteiger charge is -2.23. The highest BCUT2D eigenvalue weighted by molar-refractivity contribution is 5.56. The first-order valence-corrected chi connectivity index (χ1v) is 5.98. The minimum absolute atomic E-state index is 0.0409. The molecule has 1 N–H and O–H groups in total. The Kier molecular flexibility index (Phi) is 5.12. The Labute approximate surface area is 113 Å². The zero-order valence-electron chi connectivity index (χ0n) is 11.1. The average Bonchev–Trinajstić information content (AvgIpc) is 2.34. The van der Waals surface area contributed by atoms with Crippen molar-refractivity contribution in [3.63, 3.8) is 0 Å². The highest BCUT2D eigenvalue weighted by atomic mass is 19.4. The van der Waals surface area contributed by atoms with Crippen LogP contribution < -0.4 is 10.2 Å². The molecule has 0 radical (unpaired) electrons. The lowest BCUT2D eigenvalue weighted by molar-refractivity contribution is -0.384. The molecule has 112 valence electrons. The smallest absolute Gasteiger partial charge is 0.370 e. The predicted molar refractivity (Wildman–Crippen MR) is 69.0 cm³/mol. The first-order chi connectivity index (χ1) is 9.26. The van der Waals surface area contributed by atoms with Crippen molar-refractivity contribution in [2.24, 2.45) is 0 Å². The Morgan fingerprint density at radius 3 is 2.50 bits per heavy atom. The zero-order chi connectivity index (χ0) is 15.3. The molecule has 0 fully saturated rings. The van der Waals surface area contributed by atoms with Crippen molar-refractivity contribution in [2.75, 3.05) is 29.9 Å². The fourth-order valence-electron chi connectivity index (χ4n) is 1.61. The van der Waals surface area contributed by atoms with Crippen LogP contribution in [0.4, 0.5) is 30.5 Å². The maximum absolute atomic E-state index is 12.5. The molecule has 0 unspecified atom stereocenters. The Morgan fingerprint density at radius 1 is 1.40 bits per heavy atom. The third kappa shape index (κ3) is 4.56. The average molecular weight is 292 g/mol. The molecule has 0 bridgehead atoms. The van der Waals surface area contributed by atoms with Gasteiger partial charge in [-0.1, -0.05) is 0 Å². The summed E-state index contributed by atoms with van der Waals surface area (Å²) in [4.78, 5) is 15.1. The Morgan fingerprint density at radius 2 is 2.05 bits per heavy atom. The number of aromatic nitrogens is 1. The van der Waals surface area contributed by atoms with E-state index in [9.17, 15) is 23.3 Å². The SMILES string of the molecule is CCNc1cc([N+](=O)[O-])cc(N(CC)CC(F)(F)F)n1. The van der Waals surface area contributed by atoms with Gasteiger partial charge in [-0.3, -0.25) is 10.1 Å². The van der Waals surface area contributed by atoms with Gasteiger partial charge in [-0.15, -0.1) is 0 Å². The van der Waals surface area contributed by atoms with Gasteiger partial charge in [-0.05, 0) is 13.8 Å². The normalized spacial score (nSPS) is 11.2. The number of nitro groups is 1. The zero-order valence-corrected chi connectivity index (χ0v) is 11.1. The Hall–Kier alpha value is -2.06. The van der Waals surface area contributed by atoms with E-state index in [1.54, 1.807) is 6.92 Å². The number of rotatable bonds is 6. The van der Waals surface area contributed by atoms with Crippen LogP contribution in [0.1, 0.15) is 13.8 Å². The second-order valence-electron chi connectivity index (χ2n) is 3.99. The molecule has 0 amide bonds. The molecule has 0 spiro atoms. The molecule has 1 aromatic rings. The molecule has 0 aliphatic rings. The summed E-state index contributed by atoms with van der Waals surface area (Å²) in [7, 11) is 0. The lowest BCUT2D eigenvalue weighted by Crippen LogP contribution is -2.34. The topological polar surface area (TPSA) is 71.3 Å². The number of anilines is 2. The first kappa shape index (κ1) is 16.0. The second kappa shape index (κ2) is 6.40. The van der Waals surface area contributed by atoms with Crippen LogP contribution in [0, 0.1) is 10.1 Å². The van der Waals surface area contributed by atoms with Gasteiger partial charge in [0.2, 0.25) is 0 Å². The largest absolute Gasteiger partial charge is 0.405 e. The number of halogens is 3. The number of hydrogen-bond acceptors (Lipinski definition) is 5. The number of hydrogen-bond donors (Lipinski definition) is 1. The van der Waals surface area contributed by atoms with Gasteiger partial charge in [0.15, 0.2) is 0 Å². The third-order valence-electron chi connectivity index (χ3n) is 2.44. The molecule has 0 saturated carbocycles. The van der Waals surface area contributed by atoms with Crippen LogP contribution in [0.2, 0.25) is 0 Å². The fourth-order valence-corrected chi connectivity index (χ4v) is 1.61. The van der Waals surface area contributed by atoms with E-state index in [1.165, 1.54) is 13.0 Å². The quantitative estimate of drug-likeness (QED) is 0.645. The standard InChI is InChI=1S/C11H15F3N4O2/c1-3-15-9-5-8(18(19)20)6-10(16-9)17(4-2)7-11(12,13)14/h5-6H,3-4,7H2,1-2H3,(H,15,16). The van der Waals surface area contributed by atoms with Gasteiger partial charge in [0.1, 0.15) is 18.2 Å². The van der Waals surface area contributed by atoms with E-state index in [0.29, 0.717) is 6.54 Å². The van der Waals surface area contributed by atoms with Gasteiger partial charge in [0, 0.05) is 13.1 Å². The monoisotopic (exact) mass is 292 g/mol. The van der Waals surface area contributed by atoms with Crippen molar-refractivity contribution < 1.29 is 18.1 Å². The van der Waals surface area contributed by atoms with E-state index < -0.39 is 17.6 Å². The molecular formula is C11H15F3N4O2. The molecule has 0 aliphatic heterocycles. The molecule has 1 rings (SSSR count). The minimum atomic E-state index is -4.40. The molecule has 1 aromatic heterocycles. The number of alkyl halides is 3. The summed E-state index contributed by atoms with van der Waals surface area (Å²) in [5.74, 6) is 0.104. The van der Waals surface area contributed by atoms with Crippen molar-refractivity contribution in [3.05, 3.63) is 22.2 Å². The summed E-state index contributed by atoms with van der Waals surface area (Å²) in [6.07, 6.45) is -4.40. The summed E-state index contributed by atoms with van der Waals surface area (Å²) in [6, 6.07) is 2.23.